The third kappa shape index (κ3) is 4.46. The van der Waals surface area contributed by atoms with Gasteiger partial charge in [0.2, 0.25) is 5.91 Å². The largest absolute Gasteiger partial charge is 0.496 e. The Labute approximate surface area is 176 Å². The Morgan fingerprint density at radius 1 is 1.07 bits per heavy atom. The number of benzene rings is 2. The van der Waals surface area contributed by atoms with Crippen LogP contribution in [0.4, 0.5) is 0 Å². The fraction of sp³-hybridized carbons (Fsp3) is 0.304. The molecule has 7 nitrogen and oxygen atoms in total. The van der Waals surface area contributed by atoms with Gasteiger partial charge in [-0.1, -0.05) is 36.4 Å². The normalized spacial score (nSPS) is 12.0. The number of rotatable bonds is 8. The molecule has 0 aliphatic rings. The molecule has 7 heteroatoms. The zero-order chi connectivity index (χ0) is 21.7. The maximum absolute atomic E-state index is 12.7. The van der Waals surface area contributed by atoms with Crippen molar-refractivity contribution in [3.8, 4) is 5.75 Å². The highest BCUT2D eigenvalue weighted by molar-refractivity contribution is 6.04. The van der Waals surface area contributed by atoms with Crippen molar-refractivity contribution in [2.24, 2.45) is 0 Å². The number of carbonyl (C=O) groups is 2. The lowest BCUT2D eigenvalue weighted by Gasteiger charge is -2.26. The van der Waals surface area contributed by atoms with Crippen LogP contribution in [0, 0.1) is 0 Å². The number of para-hydroxylation sites is 2. The van der Waals surface area contributed by atoms with Crippen LogP contribution >= 0.6 is 0 Å². The number of hydrogen-bond acceptors (Lipinski definition) is 5. The van der Waals surface area contributed by atoms with Crippen LogP contribution in [0.2, 0.25) is 0 Å². The van der Waals surface area contributed by atoms with Gasteiger partial charge in [-0.3, -0.25) is 4.79 Å². The lowest BCUT2D eigenvalue weighted by Crippen LogP contribution is -2.36. The molecule has 0 fully saturated rings. The summed E-state index contributed by atoms with van der Waals surface area (Å²) in [4.78, 5) is 26.8. The zero-order valence-electron chi connectivity index (χ0n) is 17.7. The molecule has 158 valence electrons. The molecule has 0 radical (unpaired) electrons. The molecule has 1 amide bonds. The number of likely N-dealkylation sites (N-methyl/N-ethyl adjacent to an activating group) is 1. The number of hydrogen-bond donors (Lipinski definition) is 1. The van der Waals surface area contributed by atoms with Gasteiger partial charge in [-0.2, -0.15) is 0 Å². The zero-order valence-corrected chi connectivity index (χ0v) is 17.7. The summed E-state index contributed by atoms with van der Waals surface area (Å²) in [6.45, 7) is 0.527. The topological polar surface area (TPSA) is 72.8 Å². The summed E-state index contributed by atoms with van der Waals surface area (Å²) in [6.07, 6.45) is 1.67. The summed E-state index contributed by atoms with van der Waals surface area (Å²) in [6, 6.07) is 15.2. The molecule has 0 spiro atoms. The monoisotopic (exact) mass is 409 g/mol. The Bertz CT molecular complexity index is 1040. The summed E-state index contributed by atoms with van der Waals surface area (Å²) in [7, 11) is 6.91. The predicted octanol–water partition coefficient (Wildman–Crippen LogP) is 2.86. The molecule has 1 aromatic heterocycles. The van der Waals surface area contributed by atoms with Crippen LogP contribution in [0.1, 0.15) is 22.0 Å². The van der Waals surface area contributed by atoms with Gasteiger partial charge in [0.05, 0.1) is 25.8 Å². The van der Waals surface area contributed by atoms with Crippen molar-refractivity contribution in [2.75, 3.05) is 34.9 Å². The van der Waals surface area contributed by atoms with E-state index < -0.39 is 5.97 Å². The number of methoxy groups -OCH3 is 2. The number of nitrogens with zero attached hydrogens (tertiary/aromatic N) is 2. The van der Waals surface area contributed by atoms with E-state index in [0.717, 1.165) is 22.2 Å². The summed E-state index contributed by atoms with van der Waals surface area (Å²) in [5, 5.41) is 3.77. The van der Waals surface area contributed by atoms with Gasteiger partial charge in [-0.15, -0.1) is 0 Å². The molecule has 0 saturated carbocycles. The second-order valence-electron chi connectivity index (χ2n) is 7.20. The number of esters is 1. The minimum atomic E-state index is -0.422. The fourth-order valence-corrected chi connectivity index (χ4v) is 3.58. The SMILES string of the molecule is COC(=O)c1cn(CC(=O)NC[C@H](c2ccccc2OC)N(C)C)c2ccccc12. The van der Waals surface area contributed by atoms with Gasteiger partial charge in [0.25, 0.3) is 0 Å². The van der Waals surface area contributed by atoms with Crippen molar-refractivity contribution in [1.29, 1.82) is 0 Å². The smallest absolute Gasteiger partial charge is 0.340 e. The summed E-state index contributed by atoms with van der Waals surface area (Å²) in [5.41, 5.74) is 2.26. The quantitative estimate of drug-likeness (QED) is 0.579. The molecule has 1 N–H and O–H groups in total. The average molecular weight is 409 g/mol. The summed E-state index contributed by atoms with van der Waals surface area (Å²) in [5.74, 6) is 0.215. The molecular weight excluding hydrogens is 382 g/mol. The van der Waals surface area contributed by atoms with E-state index in [1.165, 1.54) is 7.11 Å². The Balaban J connectivity index is 1.76. The lowest BCUT2D eigenvalue weighted by molar-refractivity contribution is -0.121. The number of fused-ring (bicyclic) bond motifs is 1. The van der Waals surface area contributed by atoms with Crippen molar-refractivity contribution < 1.29 is 19.1 Å². The number of nitrogens with one attached hydrogen (secondary N) is 1. The van der Waals surface area contributed by atoms with Crippen molar-refractivity contribution in [1.82, 2.24) is 14.8 Å². The summed E-state index contributed by atoms with van der Waals surface area (Å²) >= 11 is 0. The molecule has 30 heavy (non-hydrogen) atoms. The van der Waals surface area contributed by atoms with Gasteiger partial charge >= 0.3 is 5.97 Å². The average Bonchev–Trinajstić information content (AvgIpc) is 3.12. The van der Waals surface area contributed by atoms with Gasteiger partial charge < -0.3 is 24.3 Å². The van der Waals surface area contributed by atoms with Crippen LogP contribution in [0.3, 0.4) is 0 Å². The molecule has 1 atom stereocenters. The summed E-state index contributed by atoms with van der Waals surface area (Å²) < 4.78 is 12.1. The third-order valence-electron chi connectivity index (χ3n) is 5.12. The highest BCUT2D eigenvalue weighted by Crippen LogP contribution is 2.27. The Kier molecular flexibility index (Phi) is 6.74. The number of aromatic nitrogens is 1. The van der Waals surface area contributed by atoms with E-state index in [9.17, 15) is 9.59 Å². The second-order valence-corrected chi connectivity index (χ2v) is 7.20. The van der Waals surface area contributed by atoms with E-state index in [-0.39, 0.29) is 18.5 Å². The maximum Gasteiger partial charge on any atom is 0.340 e. The van der Waals surface area contributed by atoms with Gasteiger partial charge in [-0.25, -0.2) is 4.79 Å². The Morgan fingerprint density at radius 3 is 2.47 bits per heavy atom. The highest BCUT2D eigenvalue weighted by Gasteiger charge is 2.20. The molecule has 0 aliphatic heterocycles. The van der Waals surface area contributed by atoms with Crippen molar-refractivity contribution in [3.63, 3.8) is 0 Å². The Morgan fingerprint density at radius 2 is 1.77 bits per heavy atom. The molecule has 0 bridgehead atoms. The van der Waals surface area contributed by atoms with Crippen LogP contribution in [0.25, 0.3) is 10.9 Å². The predicted molar refractivity (Wildman–Crippen MR) is 116 cm³/mol. The van der Waals surface area contributed by atoms with Crippen molar-refractivity contribution in [2.45, 2.75) is 12.6 Å². The van der Waals surface area contributed by atoms with Gasteiger partial charge in [-0.05, 0) is 26.2 Å². The van der Waals surface area contributed by atoms with E-state index in [1.54, 1.807) is 17.9 Å². The van der Waals surface area contributed by atoms with E-state index >= 15 is 0 Å². The first-order chi connectivity index (χ1) is 14.5. The van der Waals surface area contributed by atoms with Gasteiger partial charge in [0.15, 0.2) is 0 Å². The molecular formula is C23H27N3O4. The fourth-order valence-electron chi connectivity index (χ4n) is 3.58. The number of carbonyl (C=O) groups excluding carboxylic acids is 2. The van der Waals surface area contributed by atoms with Crippen LogP contribution in [-0.4, -0.2) is 56.2 Å². The highest BCUT2D eigenvalue weighted by atomic mass is 16.5. The molecule has 0 aliphatic carbocycles. The van der Waals surface area contributed by atoms with Crippen molar-refractivity contribution in [3.05, 3.63) is 65.9 Å². The van der Waals surface area contributed by atoms with E-state index in [2.05, 4.69) is 5.32 Å². The van der Waals surface area contributed by atoms with E-state index in [4.69, 9.17) is 9.47 Å². The third-order valence-corrected chi connectivity index (χ3v) is 5.12. The van der Waals surface area contributed by atoms with Gasteiger partial charge in [0.1, 0.15) is 12.3 Å². The Hall–Kier alpha value is -3.32. The first kappa shape index (κ1) is 21.4. The van der Waals surface area contributed by atoms with Crippen LogP contribution in [0.15, 0.2) is 54.7 Å². The number of amides is 1. The molecule has 1 heterocycles. The molecule has 2 aromatic carbocycles. The van der Waals surface area contributed by atoms with Crippen LogP contribution in [0.5, 0.6) is 5.75 Å². The van der Waals surface area contributed by atoms with E-state index in [1.807, 2.05) is 67.5 Å². The standard InChI is InChI=1S/C23H27N3O4/c1-25(2)20(17-10-6-8-12-21(17)29-3)13-24-22(27)15-26-14-18(23(28)30-4)16-9-5-7-11-19(16)26/h5-12,14,20H,13,15H2,1-4H3,(H,24,27)/t20-/m1/s1. The molecule has 0 unspecified atom stereocenters. The van der Waals surface area contributed by atoms with Gasteiger partial charge in [0, 0.05) is 29.2 Å². The first-order valence-electron chi connectivity index (χ1n) is 9.68. The van der Waals surface area contributed by atoms with Crippen LogP contribution < -0.4 is 10.1 Å². The first-order valence-corrected chi connectivity index (χ1v) is 9.68. The second kappa shape index (κ2) is 9.45. The molecule has 3 rings (SSSR count). The number of ether oxygens (including phenoxy) is 2. The minimum Gasteiger partial charge on any atom is -0.496 e. The maximum atomic E-state index is 12.7. The van der Waals surface area contributed by atoms with Crippen molar-refractivity contribution >= 4 is 22.8 Å². The van der Waals surface area contributed by atoms with E-state index in [0.29, 0.717) is 12.1 Å². The minimum absolute atomic E-state index is 0.0443. The molecule has 3 aromatic rings. The molecule has 0 saturated heterocycles. The lowest BCUT2D eigenvalue weighted by atomic mass is 10.0. The van der Waals surface area contributed by atoms with Crippen LogP contribution in [-0.2, 0) is 16.1 Å².